The van der Waals surface area contributed by atoms with Gasteiger partial charge in [-0.2, -0.15) is 0 Å². The SMILES string of the molecule is Cc1cc2c3c(c1)N(c1cccc4oc5ccccc5c14)c1cc(N(c4ccccc4)c4ccccc4)ccc1B3c1cc3c(cc1N2c1cc2c(cc1-c1ccccc1)C(C)(C)CCC2(C)C)C(C)(C)CC3(C)C. The minimum Gasteiger partial charge on any atom is -0.456 e. The summed E-state index contributed by atoms with van der Waals surface area (Å²) in [7, 11) is 0. The van der Waals surface area contributed by atoms with E-state index in [1.54, 1.807) is 0 Å². The zero-order chi connectivity index (χ0) is 51.3. The summed E-state index contributed by atoms with van der Waals surface area (Å²) in [6, 6.07) is 70.8. The van der Waals surface area contributed by atoms with Crippen LogP contribution in [-0.2, 0) is 21.7 Å². The molecule has 10 aromatic rings. The lowest BCUT2D eigenvalue weighted by atomic mass is 9.33. The van der Waals surface area contributed by atoms with Crippen LogP contribution in [0.25, 0.3) is 33.1 Å². The maximum absolute atomic E-state index is 6.73. The quantitative estimate of drug-likeness (QED) is 0.155. The number of hydrogen-bond donors (Lipinski definition) is 0. The lowest BCUT2D eigenvalue weighted by Crippen LogP contribution is -2.61. The van der Waals surface area contributed by atoms with E-state index in [1.807, 2.05) is 0 Å². The van der Waals surface area contributed by atoms with Gasteiger partial charge in [-0.3, -0.25) is 0 Å². The number of benzene rings is 9. The van der Waals surface area contributed by atoms with Crippen molar-refractivity contribution in [2.75, 3.05) is 14.7 Å². The first-order valence-electron chi connectivity index (χ1n) is 27.2. The molecule has 1 aromatic heterocycles. The van der Waals surface area contributed by atoms with Gasteiger partial charge in [0, 0.05) is 50.8 Å². The Hall–Kier alpha value is -7.76. The third-order valence-corrected chi connectivity index (χ3v) is 17.9. The van der Waals surface area contributed by atoms with E-state index in [9.17, 15) is 0 Å². The van der Waals surface area contributed by atoms with Crippen LogP contribution in [0.4, 0.5) is 51.2 Å². The topological polar surface area (TPSA) is 22.9 Å². The Kier molecular flexibility index (Phi) is 9.85. The molecule has 9 aromatic carbocycles. The second-order valence-corrected chi connectivity index (χ2v) is 24.8. The van der Waals surface area contributed by atoms with Gasteiger partial charge in [-0.25, -0.2) is 0 Å². The molecule has 14 rings (SSSR count). The molecule has 2 aliphatic carbocycles. The molecule has 2 aliphatic heterocycles. The lowest BCUT2D eigenvalue weighted by Gasteiger charge is -2.47. The number of hydrogen-bond acceptors (Lipinski definition) is 4. The number of aryl methyl sites for hydroxylation is 1. The van der Waals surface area contributed by atoms with E-state index in [1.165, 1.54) is 83.8 Å². The molecule has 368 valence electrons. The Balaban J connectivity index is 1.12. The van der Waals surface area contributed by atoms with Gasteiger partial charge in [-0.1, -0.05) is 159 Å². The predicted molar refractivity (Wildman–Crippen MR) is 319 cm³/mol. The molecule has 0 saturated carbocycles. The molecule has 75 heavy (non-hydrogen) atoms. The molecule has 0 unspecified atom stereocenters. The highest BCUT2D eigenvalue weighted by Gasteiger charge is 2.49. The van der Waals surface area contributed by atoms with Crippen LogP contribution in [0.2, 0.25) is 0 Å². The minimum atomic E-state index is -0.0673. The highest BCUT2D eigenvalue weighted by atomic mass is 16.3. The molecule has 0 radical (unpaired) electrons. The van der Waals surface area contributed by atoms with Gasteiger partial charge in [-0.15, -0.1) is 0 Å². The van der Waals surface area contributed by atoms with E-state index in [4.69, 9.17) is 4.42 Å². The van der Waals surface area contributed by atoms with E-state index < -0.39 is 0 Å². The van der Waals surface area contributed by atoms with E-state index in [0.29, 0.717) is 0 Å². The Morgan fingerprint density at radius 3 is 1.63 bits per heavy atom. The van der Waals surface area contributed by atoms with Crippen LogP contribution >= 0.6 is 0 Å². The van der Waals surface area contributed by atoms with Crippen molar-refractivity contribution in [2.24, 2.45) is 0 Å². The van der Waals surface area contributed by atoms with Crippen LogP contribution in [0.3, 0.4) is 0 Å². The van der Waals surface area contributed by atoms with Gasteiger partial charge in [-0.05, 0) is 183 Å². The zero-order valence-corrected chi connectivity index (χ0v) is 44.8. The van der Waals surface area contributed by atoms with Gasteiger partial charge >= 0.3 is 0 Å². The fraction of sp³-hybridized carbons (Fsp3) is 0.229. The second kappa shape index (κ2) is 16.1. The van der Waals surface area contributed by atoms with E-state index >= 15 is 0 Å². The number of rotatable bonds is 6. The summed E-state index contributed by atoms with van der Waals surface area (Å²) in [4.78, 5) is 7.72. The average molecular weight is 974 g/mol. The molecular formula is C70H64BN3O. The number of fused-ring (bicyclic) bond motifs is 9. The zero-order valence-electron chi connectivity index (χ0n) is 44.8. The Bertz CT molecular complexity index is 3920. The third-order valence-electron chi connectivity index (χ3n) is 17.9. The first kappa shape index (κ1) is 45.8. The summed E-state index contributed by atoms with van der Waals surface area (Å²) >= 11 is 0. The maximum atomic E-state index is 6.73. The van der Waals surface area contributed by atoms with Gasteiger partial charge in [0.2, 0.25) is 0 Å². The third kappa shape index (κ3) is 6.89. The normalized spacial score (nSPS) is 17.1. The van der Waals surface area contributed by atoms with Crippen LogP contribution in [-0.4, -0.2) is 6.71 Å². The monoisotopic (exact) mass is 974 g/mol. The van der Waals surface area contributed by atoms with Crippen molar-refractivity contribution >= 4 is 96.2 Å². The molecule has 3 heterocycles. The van der Waals surface area contributed by atoms with Gasteiger partial charge in [0.1, 0.15) is 11.2 Å². The van der Waals surface area contributed by atoms with Crippen molar-refractivity contribution in [1.82, 2.24) is 0 Å². The van der Waals surface area contributed by atoms with Crippen molar-refractivity contribution in [3.63, 3.8) is 0 Å². The molecular weight excluding hydrogens is 910 g/mol. The smallest absolute Gasteiger partial charge is 0.252 e. The molecule has 0 saturated heterocycles. The molecule has 0 atom stereocenters. The standard InChI is InChI=1S/C70H64BN3O/c1-44-36-61-66-62(37-44)74(58-41-53-51(67(2,3)34-35-68(53,4)5)39-50(58)45-22-13-10-14-23-45)60-42-54-52(69(6,7)43-70(54,8)9)40-56(60)71(66)55-33-32-48(72(46-24-15-11-16-25-46)47-26-17-12-18-27-47)38-59(55)73(61)57-29-21-31-64-65(57)49-28-19-20-30-63(49)75-64/h10-33,36-42H,34-35,43H2,1-9H3. The van der Waals surface area contributed by atoms with E-state index in [-0.39, 0.29) is 28.4 Å². The fourth-order valence-electron chi connectivity index (χ4n) is 14.4. The summed E-state index contributed by atoms with van der Waals surface area (Å²) in [6.45, 7) is 22.0. The molecule has 0 bridgehead atoms. The summed E-state index contributed by atoms with van der Waals surface area (Å²) < 4.78 is 6.73. The maximum Gasteiger partial charge on any atom is 0.252 e. The molecule has 0 N–H and O–H groups in total. The molecule has 0 spiro atoms. The fourth-order valence-corrected chi connectivity index (χ4v) is 14.4. The molecule has 0 fully saturated rings. The Labute approximate surface area is 443 Å². The lowest BCUT2D eigenvalue weighted by molar-refractivity contribution is 0.332. The summed E-state index contributed by atoms with van der Waals surface area (Å²) in [6.07, 6.45) is 3.38. The van der Waals surface area contributed by atoms with Crippen LogP contribution < -0.4 is 31.1 Å². The summed E-state index contributed by atoms with van der Waals surface area (Å²) in [5, 5.41) is 2.22. The van der Waals surface area contributed by atoms with Crippen molar-refractivity contribution in [3.05, 3.63) is 216 Å². The van der Waals surface area contributed by atoms with Crippen LogP contribution in [0.1, 0.15) is 102 Å². The Morgan fingerprint density at radius 1 is 0.427 bits per heavy atom. The molecule has 4 nitrogen and oxygen atoms in total. The van der Waals surface area contributed by atoms with Crippen LogP contribution in [0, 0.1) is 6.92 Å². The summed E-state index contributed by atoms with van der Waals surface area (Å²) in [5.41, 5.74) is 25.9. The number of para-hydroxylation sites is 3. The van der Waals surface area contributed by atoms with Crippen molar-refractivity contribution in [1.29, 1.82) is 0 Å². The predicted octanol–water partition coefficient (Wildman–Crippen LogP) is 17.4. The number of furan rings is 1. The van der Waals surface area contributed by atoms with Gasteiger partial charge in [0.15, 0.2) is 0 Å². The van der Waals surface area contributed by atoms with Crippen molar-refractivity contribution < 1.29 is 4.42 Å². The largest absolute Gasteiger partial charge is 0.456 e. The van der Waals surface area contributed by atoms with Gasteiger partial charge in [0.05, 0.1) is 16.8 Å². The van der Waals surface area contributed by atoms with Gasteiger partial charge in [0.25, 0.3) is 6.71 Å². The average Bonchev–Trinajstić information content (AvgIpc) is 3.94. The molecule has 0 amide bonds. The highest BCUT2D eigenvalue weighted by Crippen LogP contribution is 2.56. The van der Waals surface area contributed by atoms with E-state index in [2.05, 4.69) is 265 Å². The van der Waals surface area contributed by atoms with E-state index in [0.717, 1.165) is 64.0 Å². The van der Waals surface area contributed by atoms with Gasteiger partial charge < -0.3 is 19.1 Å². The van der Waals surface area contributed by atoms with Crippen molar-refractivity contribution in [3.8, 4) is 11.1 Å². The second-order valence-electron chi connectivity index (χ2n) is 24.8. The number of anilines is 9. The highest BCUT2D eigenvalue weighted by molar-refractivity contribution is 7.00. The molecule has 5 heteroatoms. The minimum absolute atomic E-state index is 0.00116. The van der Waals surface area contributed by atoms with Crippen molar-refractivity contribution in [2.45, 2.75) is 103 Å². The first-order chi connectivity index (χ1) is 36.1. The molecule has 4 aliphatic rings. The number of nitrogens with zero attached hydrogens (tertiary/aromatic N) is 3. The summed E-state index contributed by atoms with van der Waals surface area (Å²) in [5.74, 6) is 0. The van der Waals surface area contributed by atoms with Crippen LogP contribution in [0.5, 0.6) is 0 Å². The first-order valence-corrected chi connectivity index (χ1v) is 27.2. The van der Waals surface area contributed by atoms with Crippen LogP contribution in [0.15, 0.2) is 192 Å². The Morgan fingerprint density at radius 2 is 0.960 bits per heavy atom.